The summed E-state index contributed by atoms with van der Waals surface area (Å²) in [7, 11) is -2.86. The summed E-state index contributed by atoms with van der Waals surface area (Å²) in [5, 5.41) is 14.7. The second kappa shape index (κ2) is 9.19. The van der Waals surface area contributed by atoms with Crippen LogP contribution in [0.5, 0.6) is 0 Å². The predicted molar refractivity (Wildman–Crippen MR) is 123 cm³/mol. The number of ether oxygens (including phenoxy) is 1. The number of aromatic nitrogens is 2. The van der Waals surface area contributed by atoms with Gasteiger partial charge >= 0.3 is 6.18 Å². The van der Waals surface area contributed by atoms with E-state index < -0.39 is 55.2 Å². The lowest BCUT2D eigenvalue weighted by atomic mass is 10.0. The third-order valence-electron chi connectivity index (χ3n) is 6.64. The summed E-state index contributed by atoms with van der Waals surface area (Å²) in [4.78, 5) is 12.1. The lowest BCUT2D eigenvalue weighted by molar-refractivity contribution is -0.139. The lowest BCUT2D eigenvalue weighted by Gasteiger charge is -2.22. The molecule has 0 aliphatic heterocycles. The third-order valence-corrected chi connectivity index (χ3v) is 8.87. The Morgan fingerprint density at radius 2 is 1.97 bits per heavy atom. The van der Waals surface area contributed by atoms with Crippen LogP contribution in [0, 0.1) is 17.2 Å². The quantitative estimate of drug-likeness (QED) is 0.592. The van der Waals surface area contributed by atoms with E-state index in [-0.39, 0.29) is 24.5 Å². The minimum atomic E-state index is -4.92. The van der Waals surface area contributed by atoms with Gasteiger partial charge in [0.25, 0.3) is 0 Å². The molecule has 2 fully saturated rings. The smallest absolute Gasteiger partial charge is 0.375 e. The Hall–Kier alpha value is -2.91. The lowest BCUT2D eigenvalue weighted by Crippen LogP contribution is -2.43. The molecule has 8 nitrogen and oxygen atoms in total. The van der Waals surface area contributed by atoms with Crippen molar-refractivity contribution >= 4 is 15.7 Å². The highest BCUT2D eigenvalue weighted by Crippen LogP contribution is 2.43. The molecule has 12 heteroatoms. The van der Waals surface area contributed by atoms with Crippen LogP contribution < -0.4 is 5.32 Å². The van der Waals surface area contributed by atoms with Crippen molar-refractivity contribution in [2.24, 2.45) is 13.0 Å². The SMILES string of the molecule is CC(C)O[C@@H]1CC(S(=O)(=O)c2ccc(-c3cnn(C)c3)cc2C(F)(F)F)C[C@H]1C(=O)NC1(C#N)CC1. The fourth-order valence-electron chi connectivity index (χ4n) is 4.63. The van der Waals surface area contributed by atoms with E-state index >= 15 is 0 Å². The summed E-state index contributed by atoms with van der Waals surface area (Å²) in [6, 6.07) is 5.16. The molecule has 1 aromatic heterocycles. The van der Waals surface area contributed by atoms with E-state index in [2.05, 4.69) is 16.5 Å². The zero-order chi connectivity index (χ0) is 26.5. The number of hydrogen-bond donors (Lipinski definition) is 1. The highest BCUT2D eigenvalue weighted by Gasteiger charge is 2.51. The highest BCUT2D eigenvalue weighted by atomic mass is 32.2. The number of aryl methyl sites for hydroxylation is 1. The molecule has 1 aromatic carbocycles. The molecule has 2 saturated carbocycles. The third kappa shape index (κ3) is 5.13. The van der Waals surface area contributed by atoms with Crippen molar-refractivity contribution < 1.29 is 31.1 Å². The first kappa shape index (κ1) is 26.2. The van der Waals surface area contributed by atoms with E-state index in [1.807, 2.05) is 0 Å². The molecule has 3 atom stereocenters. The van der Waals surface area contributed by atoms with Gasteiger partial charge in [-0.1, -0.05) is 6.07 Å². The van der Waals surface area contributed by atoms with Gasteiger partial charge in [-0.2, -0.15) is 23.5 Å². The molecule has 4 rings (SSSR count). The molecule has 2 aromatic rings. The average Bonchev–Trinajstić information content (AvgIpc) is 3.21. The standard InChI is InChI=1S/C24H27F3N4O4S/c1-14(2)35-20-10-17(9-18(20)22(32)30-23(13-28)6-7-23)36(33,34)21-5-4-15(8-19(21)24(25,26)27)16-11-29-31(3)12-16/h4-5,8,11-12,14,17-18,20H,6-7,9-10H2,1-3H3,(H,30,32)/t17?,18-,20-/m1/s1. The number of sulfone groups is 1. The van der Waals surface area contributed by atoms with Crippen molar-refractivity contribution in [2.45, 2.75) is 73.6 Å². The van der Waals surface area contributed by atoms with Crippen molar-refractivity contribution in [1.82, 2.24) is 15.1 Å². The summed E-state index contributed by atoms with van der Waals surface area (Å²) in [5.41, 5.74) is -1.62. The van der Waals surface area contributed by atoms with Gasteiger partial charge in [0, 0.05) is 18.8 Å². The second-order valence-corrected chi connectivity index (χ2v) is 12.0. The number of benzene rings is 1. The number of nitrogens with one attached hydrogen (secondary N) is 1. The number of carbonyl (C=O) groups is 1. The van der Waals surface area contributed by atoms with Gasteiger partial charge in [0.1, 0.15) is 5.54 Å². The molecule has 1 unspecified atom stereocenters. The average molecular weight is 525 g/mol. The topological polar surface area (TPSA) is 114 Å². The van der Waals surface area contributed by atoms with Crippen LogP contribution >= 0.6 is 0 Å². The number of amides is 1. The van der Waals surface area contributed by atoms with Gasteiger partial charge in [0.05, 0.1) is 46.1 Å². The molecule has 1 N–H and O–H groups in total. The highest BCUT2D eigenvalue weighted by molar-refractivity contribution is 7.92. The minimum Gasteiger partial charge on any atom is -0.375 e. The number of nitrogens with zero attached hydrogens (tertiary/aromatic N) is 3. The summed E-state index contributed by atoms with van der Waals surface area (Å²) >= 11 is 0. The Labute approximate surface area is 207 Å². The van der Waals surface area contributed by atoms with Crippen molar-refractivity contribution in [3.8, 4) is 17.2 Å². The number of rotatable bonds is 7. The summed E-state index contributed by atoms with van der Waals surface area (Å²) < 4.78 is 76.5. The largest absolute Gasteiger partial charge is 0.417 e. The van der Waals surface area contributed by atoms with Crippen molar-refractivity contribution in [3.05, 3.63) is 36.2 Å². The van der Waals surface area contributed by atoms with E-state index in [9.17, 15) is 31.6 Å². The molecular weight excluding hydrogens is 497 g/mol. The molecule has 2 aliphatic carbocycles. The van der Waals surface area contributed by atoms with Crippen LogP contribution in [0.1, 0.15) is 45.1 Å². The van der Waals surface area contributed by atoms with Crippen LogP contribution in [-0.4, -0.2) is 47.1 Å². The molecule has 0 bridgehead atoms. The molecule has 1 heterocycles. The van der Waals surface area contributed by atoms with Crippen molar-refractivity contribution in [2.75, 3.05) is 0 Å². The van der Waals surface area contributed by atoms with Gasteiger partial charge in [-0.25, -0.2) is 8.42 Å². The Bertz CT molecular complexity index is 1310. The summed E-state index contributed by atoms with van der Waals surface area (Å²) in [6.45, 7) is 3.46. The normalized spacial score (nSPS) is 23.4. The molecule has 2 aliphatic rings. The van der Waals surface area contributed by atoms with Crippen LogP contribution in [0.3, 0.4) is 0 Å². The Kier molecular flexibility index (Phi) is 6.68. The predicted octanol–water partition coefficient (Wildman–Crippen LogP) is 3.62. The van der Waals surface area contributed by atoms with Crippen molar-refractivity contribution in [3.63, 3.8) is 0 Å². The van der Waals surface area contributed by atoms with E-state index in [0.29, 0.717) is 18.4 Å². The first-order chi connectivity index (χ1) is 16.8. The maximum Gasteiger partial charge on any atom is 0.417 e. The van der Waals surface area contributed by atoms with Crippen LogP contribution in [0.4, 0.5) is 13.2 Å². The van der Waals surface area contributed by atoms with Crippen LogP contribution in [0.25, 0.3) is 11.1 Å². The maximum atomic E-state index is 14.0. The van der Waals surface area contributed by atoms with Gasteiger partial charge in [0.2, 0.25) is 5.91 Å². The van der Waals surface area contributed by atoms with E-state index in [4.69, 9.17) is 4.74 Å². The Balaban J connectivity index is 1.67. The Morgan fingerprint density at radius 3 is 2.50 bits per heavy atom. The molecule has 0 spiro atoms. The second-order valence-electron chi connectivity index (χ2n) is 9.76. The van der Waals surface area contributed by atoms with Gasteiger partial charge in [0.15, 0.2) is 9.84 Å². The van der Waals surface area contributed by atoms with E-state index in [1.54, 1.807) is 20.9 Å². The summed E-state index contributed by atoms with van der Waals surface area (Å²) in [6.07, 6.45) is -2.46. The maximum absolute atomic E-state index is 14.0. The number of nitriles is 1. The fraction of sp³-hybridized carbons (Fsp3) is 0.542. The molecule has 194 valence electrons. The van der Waals surface area contributed by atoms with Crippen LogP contribution in [0.2, 0.25) is 0 Å². The summed E-state index contributed by atoms with van der Waals surface area (Å²) in [5.74, 6) is -1.41. The first-order valence-corrected chi connectivity index (χ1v) is 13.1. The molecule has 0 radical (unpaired) electrons. The van der Waals surface area contributed by atoms with E-state index in [0.717, 1.165) is 12.1 Å². The molecule has 36 heavy (non-hydrogen) atoms. The number of hydrogen-bond acceptors (Lipinski definition) is 6. The minimum absolute atomic E-state index is 0.125. The van der Waals surface area contributed by atoms with E-state index in [1.165, 1.54) is 23.1 Å². The number of halogens is 3. The Morgan fingerprint density at radius 1 is 1.28 bits per heavy atom. The van der Waals surface area contributed by atoms with Crippen LogP contribution in [0.15, 0.2) is 35.5 Å². The number of carbonyl (C=O) groups excluding carboxylic acids is 1. The number of alkyl halides is 3. The monoisotopic (exact) mass is 524 g/mol. The molecule has 1 amide bonds. The van der Waals surface area contributed by atoms with Gasteiger partial charge in [-0.05, 0) is 57.2 Å². The van der Waals surface area contributed by atoms with Gasteiger partial charge in [-0.15, -0.1) is 0 Å². The van der Waals surface area contributed by atoms with Crippen LogP contribution in [-0.2, 0) is 32.6 Å². The molecule has 0 saturated heterocycles. The zero-order valence-electron chi connectivity index (χ0n) is 20.0. The fourth-order valence-corrected chi connectivity index (χ4v) is 6.63. The van der Waals surface area contributed by atoms with Gasteiger partial charge in [-0.3, -0.25) is 9.48 Å². The van der Waals surface area contributed by atoms with Crippen molar-refractivity contribution in [1.29, 1.82) is 5.26 Å². The first-order valence-electron chi connectivity index (χ1n) is 11.6. The van der Waals surface area contributed by atoms with Gasteiger partial charge < -0.3 is 10.1 Å². The zero-order valence-corrected chi connectivity index (χ0v) is 20.9. The molecular formula is C24H27F3N4O4S.